The van der Waals surface area contributed by atoms with E-state index < -0.39 is 17.2 Å². The summed E-state index contributed by atoms with van der Waals surface area (Å²) in [5, 5.41) is 0. The maximum Gasteiger partial charge on any atom is 0.335 e. The number of benzene rings is 1. The van der Waals surface area contributed by atoms with Gasteiger partial charge in [-0.15, -0.1) is 0 Å². The lowest BCUT2D eigenvalue weighted by atomic mass is 10.2. The van der Waals surface area contributed by atoms with Gasteiger partial charge >= 0.3 is 5.69 Å². The first-order valence-corrected chi connectivity index (χ1v) is 5.02. The lowest BCUT2D eigenvalue weighted by Gasteiger charge is -2.04. The Morgan fingerprint density at radius 3 is 2.47 bits per heavy atom. The topological polar surface area (TPSA) is 71.9 Å². The molecule has 0 radical (unpaired) electrons. The van der Waals surface area contributed by atoms with Crippen LogP contribution in [0.1, 0.15) is 15.9 Å². The van der Waals surface area contributed by atoms with Gasteiger partial charge in [-0.2, -0.15) is 0 Å². The minimum Gasteiger partial charge on any atom is -0.273 e. The van der Waals surface area contributed by atoms with E-state index >= 15 is 0 Å². The third-order valence-corrected chi connectivity index (χ3v) is 2.36. The van der Waals surface area contributed by atoms with Gasteiger partial charge in [-0.25, -0.2) is 9.36 Å². The van der Waals surface area contributed by atoms with Gasteiger partial charge in [0, 0.05) is 17.3 Å². The molecule has 0 aliphatic carbocycles. The van der Waals surface area contributed by atoms with Crippen molar-refractivity contribution >= 4 is 5.91 Å². The Hall–Kier alpha value is -2.43. The second-order valence-electron chi connectivity index (χ2n) is 3.61. The number of hydrogen-bond donors (Lipinski definition) is 1. The molecule has 0 aliphatic heterocycles. The molecule has 1 aromatic heterocycles. The van der Waals surface area contributed by atoms with Crippen LogP contribution in [0, 0.1) is 6.92 Å². The van der Waals surface area contributed by atoms with Gasteiger partial charge in [-0.05, 0) is 19.1 Å². The first-order valence-electron chi connectivity index (χ1n) is 5.02. The molecule has 1 N–H and O–H groups in total. The molecule has 0 bridgehead atoms. The normalized spacial score (nSPS) is 10.2. The van der Waals surface area contributed by atoms with E-state index in [1.54, 1.807) is 30.3 Å². The molecular formula is C12H10N2O3. The largest absolute Gasteiger partial charge is 0.335 e. The highest BCUT2D eigenvalue weighted by atomic mass is 16.2. The summed E-state index contributed by atoms with van der Waals surface area (Å²) in [7, 11) is 0. The standard InChI is InChI=1S/C12H10N2O3/c1-8-7-14(12(17)13-10(8)15)11(16)9-5-3-2-4-6-9/h2-7H,1H3,(H,13,15,17)/i12-1. The van der Waals surface area contributed by atoms with Gasteiger partial charge in [0.05, 0.1) is 0 Å². The van der Waals surface area contributed by atoms with Crippen molar-refractivity contribution in [3.63, 3.8) is 0 Å². The van der Waals surface area contributed by atoms with E-state index in [0.717, 1.165) is 4.57 Å². The minimum absolute atomic E-state index is 0.314. The fourth-order valence-electron chi connectivity index (χ4n) is 1.44. The van der Waals surface area contributed by atoms with Gasteiger partial charge in [-0.1, -0.05) is 18.2 Å². The Balaban J connectivity index is 2.56. The highest BCUT2D eigenvalue weighted by Crippen LogP contribution is 2.00. The summed E-state index contributed by atoms with van der Waals surface area (Å²) in [6.45, 7) is 1.53. The van der Waals surface area contributed by atoms with E-state index in [9.17, 15) is 14.4 Å². The molecule has 1 heterocycles. The van der Waals surface area contributed by atoms with Crippen LogP contribution in [0.25, 0.3) is 0 Å². The summed E-state index contributed by atoms with van der Waals surface area (Å²) < 4.78 is 0.895. The van der Waals surface area contributed by atoms with Gasteiger partial charge < -0.3 is 0 Å². The zero-order valence-corrected chi connectivity index (χ0v) is 9.14. The van der Waals surface area contributed by atoms with Crippen molar-refractivity contribution in [2.75, 3.05) is 0 Å². The van der Waals surface area contributed by atoms with Crippen LogP contribution in [0.15, 0.2) is 46.1 Å². The van der Waals surface area contributed by atoms with Crippen LogP contribution >= 0.6 is 0 Å². The number of carbonyl (C=O) groups excluding carboxylic acids is 1. The zero-order valence-electron chi connectivity index (χ0n) is 9.14. The predicted molar refractivity (Wildman–Crippen MR) is 62.2 cm³/mol. The van der Waals surface area contributed by atoms with Gasteiger partial charge in [-0.3, -0.25) is 14.6 Å². The van der Waals surface area contributed by atoms with Crippen molar-refractivity contribution in [3.05, 3.63) is 68.5 Å². The molecule has 0 aliphatic rings. The summed E-state index contributed by atoms with van der Waals surface area (Å²) in [6, 6.07) is 8.40. The van der Waals surface area contributed by atoms with E-state index in [2.05, 4.69) is 4.98 Å². The van der Waals surface area contributed by atoms with Gasteiger partial charge in [0.15, 0.2) is 0 Å². The summed E-state index contributed by atoms with van der Waals surface area (Å²) in [6.07, 6.45) is 1.25. The molecule has 0 amide bonds. The van der Waals surface area contributed by atoms with Crippen LogP contribution in [-0.4, -0.2) is 15.5 Å². The second-order valence-corrected chi connectivity index (χ2v) is 3.61. The number of H-pyrrole nitrogens is 1. The SMILES string of the molecule is Cc1cn(C(=O)c2ccccc2)[11c](=O)[nH]c1=O. The average molecular weight is 229 g/mol. The van der Waals surface area contributed by atoms with Crippen molar-refractivity contribution in [2.45, 2.75) is 6.92 Å². The smallest absolute Gasteiger partial charge is 0.273 e. The summed E-state index contributed by atoms with van der Waals surface area (Å²) in [4.78, 5) is 36.7. The molecule has 0 atom stereocenters. The third kappa shape index (κ3) is 2.08. The predicted octanol–water partition coefficient (Wildman–Crippen LogP) is 0.534. The Labute approximate surface area is 96.4 Å². The molecule has 5 nitrogen and oxygen atoms in total. The third-order valence-electron chi connectivity index (χ3n) is 2.36. The summed E-state index contributed by atoms with van der Waals surface area (Å²) in [5.41, 5.74) is -0.503. The maximum atomic E-state index is 12.0. The molecule has 0 saturated carbocycles. The molecule has 2 aromatic rings. The zero-order chi connectivity index (χ0) is 12.4. The van der Waals surface area contributed by atoms with E-state index in [0.29, 0.717) is 11.1 Å². The Morgan fingerprint density at radius 2 is 1.82 bits per heavy atom. The average Bonchev–Trinajstić information content (AvgIpc) is 2.34. The number of aromatic nitrogens is 2. The van der Waals surface area contributed by atoms with Crippen molar-refractivity contribution in [1.82, 2.24) is 9.55 Å². The first-order chi connectivity index (χ1) is 8.09. The Bertz CT molecular complexity index is 668. The first kappa shape index (κ1) is 11.1. The van der Waals surface area contributed by atoms with Crippen LogP contribution < -0.4 is 11.2 Å². The van der Waals surface area contributed by atoms with Crippen molar-refractivity contribution in [2.24, 2.45) is 0 Å². The highest BCUT2D eigenvalue weighted by molar-refractivity contribution is 5.95. The quantitative estimate of drug-likeness (QED) is 0.775. The second kappa shape index (κ2) is 4.21. The number of aromatic amines is 1. The lowest BCUT2D eigenvalue weighted by Crippen LogP contribution is -2.34. The van der Waals surface area contributed by atoms with Crippen molar-refractivity contribution in [3.8, 4) is 0 Å². The molecule has 0 fully saturated rings. The monoisotopic (exact) mass is 229 g/mol. The molecule has 5 heteroatoms. The Kier molecular flexibility index (Phi) is 2.74. The highest BCUT2D eigenvalue weighted by Gasteiger charge is 2.10. The fraction of sp³-hybridized carbons (Fsp3) is 0.0833. The molecule has 86 valence electrons. The van der Waals surface area contributed by atoms with Crippen molar-refractivity contribution < 1.29 is 4.79 Å². The number of carbonyl (C=O) groups is 1. The maximum absolute atomic E-state index is 12.0. The van der Waals surface area contributed by atoms with Crippen LogP contribution in [0.5, 0.6) is 0 Å². The number of nitrogens with zero attached hydrogens (tertiary/aromatic N) is 1. The minimum atomic E-state index is -0.727. The fourth-order valence-corrected chi connectivity index (χ4v) is 1.44. The van der Waals surface area contributed by atoms with Gasteiger partial charge in [0.1, 0.15) is 0 Å². The number of rotatable bonds is 1. The van der Waals surface area contributed by atoms with Gasteiger partial charge in [0.2, 0.25) is 0 Å². The molecular weight excluding hydrogens is 219 g/mol. The summed E-state index contributed by atoms with van der Waals surface area (Å²) in [5.74, 6) is -0.463. The van der Waals surface area contributed by atoms with Crippen LogP contribution in [-0.2, 0) is 0 Å². The van der Waals surface area contributed by atoms with Crippen LogP contribution in [0.3, 0.4) is 0 Å². The number of aryl methyl sites for hydroxylation is 1. The van der Waals surface area contributed by atoms with E-state index in [-0.39, 0.29) is 0 Å². The number of hydrogen-bond acceptors (Lipinski definition) is 3. The Morgan fingerprint density at radius 1 is 1.18 bits per heavy atom. The van der Waals surface area contributed by atoms with E-state index in [1.807, 2.05) is 0 Å². The molecule has 0 spiro atoms. The summed E-state index contributed by atoms with van der Waals surface area (Å²) >= 11 is 0. The van der Waals surface area contributed by atoms with Gasteiger partial charge in [0.25, 0.3) is 11.5 Å². The lowest BCUT2D eigenvalue weighted by molar-refractivity contribution is 0.0954. The molecule has 2 rings (SSSR count). The molecule has 17 heavy (non-hydrogen) atoms. The molecule has 0 unspecified atom stereocenters. The number of nitrogens with one attached hydrogen (secondary N) is 1. The van der Waals surface area contributed by atoms with Crippen LogP contribution in [0.2, 0.25) is 0 Å². The molecule has 1 aromatic carbocycles. The van der Waals surface area contributed by atoms with Crippen LogP contribution in [0.4, 0.5) is 0 Å². The molecule has 0 saturated heterocycles. The van der Waals surface area contributed by atoms with E-state index in [4.69, 9.17) is 0 Å². The van der Waals surface area contributed by atoms with Crippen molar-refractivity contribution in [1.29, 1.82) is 0 Å². The van der Waals surface area contributed by atoms with E-state index in [1.165, 1.54) is 13.1 Å².